The van der Waals surface area contributed by atoms with Crippen LogP contribution >= 0.6 is 0 Å². The molecule has 0 amide bonds. The third kappa shape index (κ3) is 5.01. The lowest BCUT2D eigenvalue weighted by Crippen LogP contribution is -2.01. The number of rotatable bonds is 7. The molecular formula is C20H17FN2O4. The molecule has 1 aromatic heterocycles. The topological polar surface area (TPSA) is 74.5 Å². The van der Waals surface area contributed by atoms with E-state index in [-0.39, 0.29) is 18.3 Å². The van der Waals surface area contributed by atoms with Gasteiger partial charge in [0.25, 0.3) is 5.89 Å². The van der Waals surface area contributed by atoms with E-state index >= 15 is 0 Å². The lowest BCUT2D eigenvalue weighted by atomic mass is 10.2. The number of halogens is 1. The van der Waals surface area contributed by atoms with Crippen molar-refractivity contribution in [2.24, 2.45) is 0 Å². The Hall–Kier alpha value is -3.48. The zero-order valence-electron chi connectivity index (χ0n) is 14.6. The van der Waals surface area contributed by atoms with Crippen LogP contribution in [0, 0.1) is 5.82 Å². The van der Waals surface area contributed by atoms with Gasteiger partial charge in [-0.15, -0.1) is 0 Å². The van der Waals surface area contributed by atoms with Gasteiger partial charge in [0, 0.05) is 17.2 Å². The Kier molecular flexibility index (Phi) is 5.94. The Labute approximate surface area is 155 Å². The van der Waals surface area contributed by atoms with Crippen molar-refractivity contribution in [3.8, 4) is 17.1 Å². The monoisotopic (exact) mass is 368 g/mol. The summed E-state index contributed by atoms with van der Waals surface area (Å²) >= 11 is 0. The molecule has 0 N–H and O–H groups in total. The zero-order valence-corrected chi connectivity index (χ0v) is 14.6. The van der Waals surface area contributed by atoms with Gasteiger partial charge in [0.05, 0.1) is 6.61 Å². The highest BCUT2D eigenvalue weighted by Crippen LogP contribution is 2.19. The van der Waals surface area contributed by atoms with Gasteiger partial charge in [-0.05, 0) is 43.3 Å². The van der Waals surface area contributed by atoms with Crippen molar-refractivity contribution in [1.29, 1.82) is 0 Å². The van der Waals surface area contributed by atoms with E-state index in [1.807, 2.05) is 31.2 Å². The van der Waals surface area contributed by atoms with Gasteiger partial charge in [-0.3, -0.25) is 0 Å². The van der Waals surface area contributed by atoms with Gasteiger partial charge in [0.1, 0.15) is 11.6 Å². The molecule has 3 rings (SSSR count). The fourth-order valence-electron chi connectivity index (χ4n) is 2.27. The molecule has 0 atom stereocenters. The summed E-state index contributed by atoms with van der Waals surface area (Å²) in [5.41, 5.74) is 1.37. The maximum atomic E-state index is 12.9. The molecule has 0 radical (unpaired) electrons. The first-order valence-electron chi connectivity index (χ1n) is 8.31. The van der Waals surface area contributed by atoms with Crippen LogP contribution in [0.4, 0.5) is 4.39 Å². The van der Waals surface area contributed by atoms with Crippen molar-refractivity contribution >= 4 is 12.0 Å². The van der Waals surface area contributed by atoms with Crippen molar-refractivity contribution < 1.29 is 23.2 Å². The molecule has 0 fully saturated rings. The number of para-hydroxylation sites is 1. The number of nitrogens with zero attached hydrogens (tertiary/aromatic N) is 2. The Morgan fingerprint density at radius 3 is 2.74 bits per heavy atom. The summed E-state index contributed by atoms with van der Waals surface area (Å²) in [5, 5.41) is 3.79. The minimum Gasteiger partial charge on any atom is -0.493 e. The largest absolute Gasteiger partial charge is 0.493 e. The average Bonchev–Trinajstić information content (AvgIpc) is 3.15. The summed E-state index contributed by atoms with van der Waals surface area (Å²) in [7, 11) is 0. The van der Waals surface area contributed by atoms with Crippen LogP contribution in [0.2, 0.25) is 0 Å². The first kappa shape index (κ1) is 18.3. The highest BCUT2D eigenvalue weighted by atomic mass is 19.1. The van der Waals surface area contributed by atoms with Crippen molar-refractivity contribution in [2.75, 3.05) is 6.61 Å². The van der Waals surface area contributed by atoms with E-state index < -0.39 is 5.97 Å². The van der Waals surface area contributed by atoms with Gasteiger partial charge in [0.15, 0.2) is 6.61 Å². The van der Waals surface area contributed by atoms with Crippen molar-refractivity contribution in [3.63, 3.8) is 0 Å². The fourth-order valence-corrected chi connectivity index (χ4v) is 2.27. The number of hydrogen-bond donors (Lipinski definition) is 0. The Morgan fingerprint density at radius 1 is 1.19 bits per heavy atom. The number of hydrogen-bond acceptors (Lipinski definition) is 6. The summed E-state index contributed by atoms with van der Waals surface area (Å²) in [6.07, 6.45) is 2.92. The molecule has 7 heteroatoms. The van der Waals surface area contributed by atoms with Gasteiger partial charge in [0.2, 0.25) is 5.82 Å². The normalized spacial score (nSPS) is 10.9. The molecule has 0 aliphatic carbocycles. The van der Waals surface area contributed by atoms with Crippen LogP contribution in [0.25, 0.3) is 17.5 Å². The van der Waals surface area contributed by atoms with E-state index in [0.29, 0.717) is 23.7 Å². The molecule has 0 aliphatic heterocycles. The number of carbonyl (C=O) groups is 1. The van der Waals surface area contributed by atoms with Crippen LogP contribution in [0.15, 0.2) is 59.1 Å². The smallest absolute Gasteiger partial charge is 0.331 e. The first-order valence-corrected chi connectivity index (χ1v) is 8.31. The van der Waals surface area contributed by atoms with E-state index in [1.54, 1.807) is 6.08 Å². The number of aromatic nitrogens is 2. The predicted molar refractivity (Wildman–Crippen MR) is 96.1 cm³/mol. The third-order valence-electron chi connectivity index (χ3n) is 3.53. The second kappa shape index (κ2) is 8.75. The number of carbonyl (C=O) groups excluding carboxylic acids is 1. The maximum absolute atomic E-state index is 12.9. The van der Waals surface area contributed by atoms with Crippen molar-refractivity contribution in [1.82, 2.24) is 10.1 Å². The van der Waals surface area contributed by atoms with Gasteiger partial charge in [-0.2, -0.15) is 4.98 Å². The average molecular weight is 368 g/mol. The Balaban J connectivity index is 1.57. The lowest BCUT2D eigenvalue weighted by Gasteiger charge is -2.06. The second-order valence-corrected chi connectivity index (χ2v) is 5.43. The van der Waals surface area contributed by atoms with Crippen LogP contribution in [0.3, 0.4) is 0 Å². The van der Waals surface area contributed by atoms with Crippen LogP contribution in [0.1, 0.15) is 18.4 Å². The predicted octanol–water partition coefficient (Wildman–Crippen LogP) is 4.03. The third-order valence-corrected chi connectivity index (χ3v) is 3.53. The van der Waals surface area contributed by atoms with Crippen LogP contribution in [-0.4, -0.2) is 22.7 Å². The van der Waals surface area contributed by atoms with Gasteiger partial charge in [-0.25, -0.2) is 9.18 Å². The van der Waals surface area contributed by atoms with Gasteiger partial charge in [-0.1, -0.05) is 23.4 Å². The van der Waals surface area contributed by atoms with E-state index in [1.165, 1.54) is 30.3 Å². The highest BCUT2D eigenvalue weighted by Gasteiger charge is 2.10. The maximum Gasteiger partial charge on any atom is 0.331 e. The summed E-state index contributed by atoms with van der Waals surface area (Å²) in [4.78, 5) is 16.0. The molecule has 27 heavy (non-hydrogen) atoms. The van der Waals surface area contributed by atoms with Gasteiger partial charge < -0.3 is 14.0 Å². The van der Waals surface area contributed by atoms with Crippen LogP contribution in [-0.2, 0) is 16.1 Å². The molecule has 1 heterocycles. The summed E-state index contributed by atoms with van der Waals surface area (Å²) in [6, 6.07) is 13.0. The summed E-state index contributed by atoms with van der Waals surface area (Å²) < 4.78 is 28.6. The minimum atomic E-state index is -0.553. The van der Waals surface area contributed by atoms with Crippen LogP contribution in [0.5, 0.6) is 5.75 Å². The SMILES string of the molecule is CCOc1ccccc1/C=C/C(=O)OCc1nc(-c2ccc(F)cc2)no1. The van der Waals surface area contributed by atoms with E-state index in [9.17, 15) is 9.18 Å². The van der Waals surface area contributed by atoms with E-state index in [0.717, 1.165) is 5.56 Å². The molecule has 0 unspecified atom stereocenters. The van der Waals surface area contributed by atoms with Gasteiger partial charge >= 0.3 is 5.97 Å². The van der Waals surface area contributed by atoms with Crippen molar-refractivity contribution in [2.45, 2.75) is 13.5 Å². The molecule has 0 aliphatic rings. The van der Waals surface area contributed by atoms with Crippen LogP contribution < -0.4 is 4.74 Å². The Bertz CT molecular complexity index is 935. The highest BCUT2D eigenvalue weighted by molar-refractivity contribution is 5.87. The fraction of sp³-hybridized carbons (Fsp3) is 0.150. The quantitative estimate of drug-likeness (QED) is 0.463. The molecule has 0 spiro atoms. The standard InChI is InChI=1S/C20H17FN2O4/c1-2-25-17-6-4-3-5-14(17)9-12-19(24)26-13-18-22-20(23-27-18)15-7-10-16(21)11-8-15/h3-12H,2,13H2,1H3/b12-9+. The zero-order chi connectivity index (χ0) is 19.1. The molecular weight excluding hydrogens is 351 g/mol. The Morgan fingerprint density at radius 2 is 1.96 bits per heavy atom. The van der Waals surface area contributed by atoms with E-state index in [2.05, 4.69) is 10.1 Å². The number of ether oxygens (including phenoxy) is 2. The summed E-state index contributed by atoms with van der Waals surface area (Å²) in [5.74, 6) is 0.217. The molecule has 6 nitrogen and oxygen atoms in total. The second-order valence-electron chi connectivity index (χ2n) is 5.43. The summed E-state index contributed by atoms with van der Waals surface area (Å²) in [6.45, 7) is 2.26. The molecule has 2 aromatic carbocycles. The molecule has 138 valence electrons. The first-order chi connectivity index (χ1) is 13.2. The van der Waals surface area contributed by atoms with E-state index in [4.69, 9.17) is 14.0 Å². The molecule has 0 saturated heterocycles. The number of benzene rings is 2. The number of esters is 1. The molecule has 0 saturated carbocycles. The molecule has 3 aromatic rings. The lowest BCUT2D eigenvalue weighted by molar-refractivity contribution is -0.139. The van der Waals surface area contributed by atoms with Crippen molar-refractivity contribution in [3.05, 3.63) is 71.9 Å². The molecule has 0 bridgehead atoms. The minimum absolute atomic E-state index is 0.144.